The number of nitro groups is 1. The van der Waals surface area contributed by atoms with Crippen LogP contribution in [0.15, 0.2) is 36.4 Å². The van der Waals surface area contributed by atoms with Gasteiger partial charge in [-0.25, -0.2) is 0 Å². The lowest BCUT2D eigenvalue weighted by Crippen LogP contribution is -2.49. The number of amides is 1. The smallest absolute Gasteiger partial charge is 0.282 e. The van der Waals surface area contributed by atoms with Crippen molar-refractivity contribution in [3.63, 3.8) is 0 Å². The van der Waals surface area contributed by atoms with Gasteiger partial charge in [-0.15, -0.1) is 10.2 Å². The summed E-state index contributed by atoms with van der Waals surface area (Å²) in [5, 5.41) is 22.5. The lowest BCUT2D eigenvalue weighted by Gasteiger charge is -2.35. The summed E-state index contributed by atoms with van der Waals surface area (Å²) in [4.78, 5) is 26.9. The van der Waals surface area contributed by atoms with Gasteiger partial charge in [0.2, 0.25) is 0 Å². The van der Waals surface area contributed by atoms with Crippen molar-refractivity contribution in [2.24, 2.45) is 0 Å². The number of hydrogen-bond acceptors (Lipinski definition) is 7. The Kier molecular flexibility index (Phi) is 5.26. The van der Waals surface area contributed by atoms with Gasteiger partial charge in [0, 0.05) is 38.8 Å². The molecule has 1 N–H and O–H groups in total. The van der Waals surface area contributed by atoms with Gasteiger partial charge >= 0.3 is 0 Å². The number of aromatic nitrogens is 2. The second-order valence-electron chi connectivity index (χ2n) is 5.86. The molecule has 0 bridgehead atoms. The lowest BCUT2D eigenvalue weighted by atomic mass is 10.1. The minimum Gasteiger partial charge on any atom is -0.369 e. The molecule has 9 heteroatoms. The normalized spacial score (nSPS) is 14.2. The minimum atomic E-state index is -0.523. The molecule has 2 aromatic rings. The highest BCUT2D eigenvalue weighted by Gasteiger charge is 2.27. The molecule has 0 spiro atoms. The van der Waals surface area contributed by atoms with E-state index in [0.717, 1.165) is 18.2 Å². The number of hydrogen-bond donors (Lipinski definition) is 1. The third kappa shape index (κ3) is 3.71. The van der Waals surface area contributed by atoms with E-state index in [4.69, 9.17) is 0 Å². The maximum Gasteiger partial charge on any atom is 0.282 e. The van der Waals surface area contributed by atoms with Crippen molar-refractivity contribution in [2.45, 2.75) is 6.92 Å². The van der Waals surface area contributed by atoms with Gasteiger partial charge in [0.15, 0.2) is 5.82 Å². The van der Waals surface area contributed by atoms with Crippen LogP contribution in [0.4, 0.5) is 17.3 Å². The van der Waals surface area contributed by atoms with Gasteiger partial charge in [-0.1, -0.05) is 12.1 Å². The third-order valence-corrected chi connectivity index (χ3v) is 4.23. The summed E-state index contributed by atoms with van der Waals surface area (Å²) in [6.07, 6.45) is 0. The fourth-order valence-electron chi connectivity index (χ4n) is 2.89. The van der Waals surface area contributed by atoms with Crippen LogP contribution >= 0.6 is 0 Å². The molecule has 26 heavy (non-hydrogen) atoms. The molecule has 0 radical (unpaired) electrons. The van der Waals surface area contributed by atoms with Gasteiger partial charge in [0.05, 0.1) is 4.92 Å². The number of para-hydroxylation sites is 1. The second kappa shape index (κ2) is 7.77. The Hall–Kier alpha value is -3.23. The molecular weight excluding hydrogens is 336 g/mol. The predicted octanol–water partition coefficient (Wildman–Crippen LogP) is 1.78. The number of benzene rings is 1. The van der Waals surface area contributed by atoms with Gasteiger partial charge in [-0.05, 0) is 25.1 Å². The number of nitrogens with zero attached hydrogens (tertiary/aromatic N) is 5. The summed E-state index contributed by atoms with van der Waals surface area (Å²) >= 11 is 0. The Morgan fingerprint density at radius 3 is 2.50 bits per heavy atom. The summed E-state index contributed by atoms with van der Waals surface area (Å²) in [6, 6.07) is 9.81. The molecule has 0 unspecified atom stereocenters. The molecule has 3 rings (SSSR count). The molecule has 1 amide bonds. The molecular formula is C17H20N6O3. The Morgan fingerprint density at radius 1 is 1.15 bits per heavy atom. The Morgan fingerprint density at radius 2 is 1.88 bits per heavy atom. The highest BCUT2D eigenvalue weighted by Crippen LogP contribution is 2.21. The van der Waals surface area contributed by atoms with E-state index in [2.05, 4.69) is 15.5 Å². The average molecular weight is 356 g/mol. The van der Waals surface area contributed by atoms with Gasteiger partial charge < -0.3 is 15.1 Å². The molecule has 1 aromatic heterocycles. The molecule has 136 valence electrons. The van der Waals surface area contributed by atoms with E-state index < -0.39 is 4.92 Å². The monoisotopic (exact) mass is 356 g/mol. The van der Waals surface area contributed by atoms with Crippen molar-refractivity contribution < 1.29 is 9.72 Å². The summed E-state index contributed by atoms with van der Waals surface area (Å²) < 4.78 is 0. The Balaban J connectivity index is 1.65. The van der Waals surface area contributed by atoms with Crippen molar-refractivity contribution in [1.29, 1.82) is 0 Å². The van der Waals surface area contributed by atoms with Crippen molar-refractivity contribution in [2.75, 3.05) is 42.9 Å². The topological polar surface area (TPSA) is 104 Å². The van der Waals surface area contributed by atoms with Gasteiger partial charge in [-0.3, -0.25) is 14.9 Å². The van der Waals surface area contributed by atoms with Crippen LogP contribution in [0.3, 0.4) is 0 Å². The number of nitro benzene ring substituents is 1. The predicted molar refractivity (Wildman–Crippen MR) is 97.4 cm³/mol. The van der Waals surface area contributed by atoms with Crippen LogP contribution in [0.2, 0.25) is 0 Å². The zero-order chi connectivity index (χ0) is 18.5. The first-order chi connectivity index (χ1) is 12.6. The standard InChI is InChI=1S/C17H20N6O3/c1-2-18-15-7-8-16(20-19-15)21-9-11-22(12-10-21)17(24)13-5-3-4-6-14(13)23(25)26/h3-8H,2,9-12H2,1H3,(H,18,19). The maximum atomic E-state index is 12.7. The first-order valence-corrected chi connectivity index (χ1v) is 8.45. The van der Waals surface area contributed by atoms with Crippen molar-refractivity contribution in [1.82, 2.24) is 15.1 Å². The number of nitrogens with one attached hydrogen (secondary N) is 1. The molecule has 1 fully saturated rings. The molecule has 1 aliphatic rings. The second-order valence-corrected chi connectivity index (χ2v) is 5.86. The number of carbonyl (C=O) groups excluding carboxylic acids is 1. The number of rotatable bonds is 5. The zero-order valence-corrected chi connectivity index (χ0v) is 14.5. The quantitative estimate of drug-likeness (QED) is 0.643. The number of carbonyl (C=O) groups is 1. The molecule has 1 saturated heterocycles. The van der Waals surface area contributed by atoms with Gasteiger partial charge in [0.25, 0.3) is 11.6 Å². The molecule has 1 aliphatic heterocycles. The highest BCUT2D eigenvalue weighted by atomic mass is 16.6. The number of piperazine rings is 1. The van der Waals surface area contributed by atoms with Crippen molar-refractivity contribution in [3.05, 3.63) is 52.1 Å². The van der Waals surface area contributed by atoms with Crippen LogP contribution in [-0.4, -0.2) is 58.7 Å². The van der Waals surface area contributed by atoms with E-state index in [0.29, 0.717) is 26.2 Å². The van der Waals surface area contributed by atoms with Crippen LogP contribution in [0, 0.1) is 10.1 Å². The molecule has 2 heterocycles. The largest absolute Gasteiger partial charge is 0.369 e. The lowest BCUT2D eigenvalue weighted by molar-refractivity contribution is -0.385. The average Bonchev–Trinajstić information content (AvgIpc) is 2.68. The van der Waals surface area contributed by atoms with E-state index in [1.807, 2.05) is 24.0 Å². The summed E-state index contributed by atoms with van der Waals surface area (Å²) in [7, 11) is 0. The Labute approximate surface area is 150 Å². The van der Waals surface area contributed by atoms with E-state index >= 15 is 0 Å². The molecule has 1 aromatic carbocycles. The SMILES string of the molecule is CCNc1ccc(N2CCN(C(=O)c3ccccc3[N+](=O)[O-])CC2)nn1. The number of anilines is 2. The molecule has 0 aliphatic carbocycles. The molecule has 0 atom stereocenters. The van der Waals surface area contributed by atoms with Crippen LogP contribution in [-0.2, 0) is 0 Å². The van der Waals surface area contributed by atoms with E-state index in [1.54, 1.807) is 17.0 Å². The summed E-state index contributed by atoms with van der Waals surface area (Å²) in [5.74, 6) is 1.16. The fraction of sp³-hybridized carbons (Fsp3) is 0.353. The van der Waals surface area contributed by atoms with E-state index in [-0.39, 0.29) is 17.2 Å². The first kappa shape index (κ1) is 17.6. The first-order valence-electron chi connectivity index (χ1n) is 8.45. The molecule has 9 nitrogen and oxygen atoms in total. The molecule has 0 saturated carbocycles. The van der Waals surface area contributed by atoms with Crippen molar-refractivity contribution in [3.8, 4) is 0 Å². The van der Waals surface area contributed by atoms with Crippen LogP contribution in [0.5, 0.6) is 0 Å². The zero-order valence-electron chi connectivity index (χ0n) is 14.5. The van der Waals surface area contributed by atoms with E-state index in [1.165, 1.54) is 12.1 Å². The summed E-state index contributed by atoms with van der Waals surface area (Å²) in [5.41, 5.74) is -0.0365. The minimum absolute atomic E-state index is 0.126. The van der Waals surface area contributed by atoms with Crippen LogP contribution in [0.1, 0.15) is 17.3 Å². The highest BCUT2D eigenvalue weighted by molar-refractivity contribution is 5.98. The fourth-order valence-corrected chi connectivity index (χ4v) is 2.89. The van der Waals surface area contributed by atoms with Crippen LogP contribution in [0.25, 0.3) is 0 Å². The van der Waals surface area contributed by atoms with Crippen LogP contribution < -0.4 is 10.2 Å². The van der Waals surface area contributed by atoms with Gasteiger partial charge in [0.1, 0.15) is 11.4 Å². The van der Waals surface area contributed by atoms with E-state index in [9.17, 15) is 14.9 Å². The summed E-state index contributed by atoms with van der Waals surface area (Å²) in [6.45, 7) is 4.91. The maximum absolute atomic E-state index is 12.7. The van der Waals surface area contributed by atoms with Gasteiger partial charge in [-0.2, -0.15) is 0 Å². The Bertz CT molecular complexity index is 787. The third-order valence-electron chi connectivity index (χ3n) is 4.23. The van der Waals surface area contributed by atoms with Crippen molar-refractivity contribution >= 4 is 23.2 Å².